The number of hydrogen-bond acceptors (Lipinski definition) is 7. The fraction of sp³-hybridized carbons (Fsp3) is 0.625. The van der Waals surface area contributed by atoms with Crippen LogP contribution >= 0.6 is 11.3 Å². The van der Waals surface area contributed by atoms with Gasteiger partial charge in [-0.3, -0.25) is 4.79 Å². The second-order valence-electron chi connectivity index (χ2n) is 6.59. The van der Waals surface area contributed by atoms with Crippen LogP contribution in [0.5, 0.6) is 0 Å². The Morgan fingerprint density at radius 2 is 2.21 bits per heavy atom. The fourth-order valence-corrected chi connectivity index (χ4v) is 4.59. The minimum atomic E-state index is -0.575. The number of thiazole rings is 1. The van der Waals surface area contributed by atoms with Gasteiger partial charge in [-0.15, -0.1) is 11.3 Å². The minimum absolute atomic E-state index is 0.0863. The molecule has 24 heavy (non-hydrogen) atoms. The number of nitrogens with zero attached hydrogens (tertiary/aromatic N) is 4. The van der Waals surface area contributed by atoms with Crippen molar-refractivity contribution in [3.63, 3.8) is 0 Å². The minimum Gasteiger partial charge on any atom is -0.391 e. The van der Waals surface area contributed by atoms with Crippen LogP contribution in [0, 0.1) is 6.92 Å². The van der Waals surface area contributed by atoms with Gasteiger partial charge in [0.05, 0.1) is 17.3 Å². The summed E-state index contributed by atoms with van der Waals surface area (Å²) in [6.45, 7) is 2.03. The Kier molecular flexibility index (Phi) is 4.09. The average molecular weight is 348 g/mol. The van der Waals surface area contributed by atoms with E-state index in [2.05, 4.69) is 15.1 Å². The Morgan fingerprint density at radius 3 is 2.92 bits per heavy atom. The molecular weight excluding hydrogens is 328 g/mol. The lowest BCUT2D eigenvalue weighted by molar-refractivity contribution is 0.0696. The predicted molar refractivity (Wildman–Crippen MR) is 86.8 cm³/mol. The van der Waals surface area contributed by atoms with Gasteiger partial charge in [-0.05, 0) is 19.8 Å². The number of carbonyl (C=O) groups is 1. The van der Waals surface area contributed by atoms with Crippen LogP contribution in [-0.2, 0) is 0 Å². The second kappa shape index (κ2) is 6.25. The molecule has 1 aliphatic carbocycles. The highest BCUT2D eigenvalue weighted by molar-refractivity contribution is 7.11. The lowest BCUT2D eigenvalue weighted by Crippen LogP contribution is -2.32. The molecule has 4 rings (SSSR count). The van der Waals surface area contributed by atoms with Gasteiger partial charge in [0.1, 0.15) is 10.9 Å². The van der Waals surface area contributed by atoms with Gasteiger partial charge in [-0.2, -0.15) is 4.98 Å². The van der Waals surface area contributed by atoms with Gasteiger partial charge in [0.25, 0.3) is 5.91 Å². The van der Waals surface area contributed by atoms with E-state index in [0.717, 1.165) is 18.5 Å². The van der Waals surface area contributed by atoms with E-state index in [1.54, 1.807) is 17.3 Å². The van der Waals surface area contributed by atoms with E-state index in [1.165, 1.54) is 24.2 Å². The summed E-state index contributed by atoms with van der Waals surface area (Å²) in [5.41, 5.74) is 2.67. The van der Waals surface area contributed by atoms with E-state index >= 15 is 0 Å². The average Bonchev–Trinajstić information content (AvgIpc) is 3.32. The number of hydrogen-bond donors (Lipinski definition) is 1. The molecule has 128 valence electrons. The molecule has 1 saturated heterocycles. The largest absolute Gasteiger partial charge is 0.391 e. The van der Waals surface area contributed by atoms with E-state index in [9.17, 15) is 9.90 Å². The molecule has 2 fully saturated rings. The number of aliphatic hydroxyl groups is 1. The summed E-state index contributed by atoms with van der Waals surface area (Å²) in [4.78, 5) is 24.2. The number of likely N-dealkylation sites (tertiary alicyclic amines) is 1. The Bertz CT molecular complexity index is 737. The fourth-order valence-electron chi connectivity index (χ4n) is 3.76. The highest BCUT2D eigenvalue weighted by atomic mass is 32.1. The van der Waals surface area contributed by atoms with Crippen molar-refractivity contribution in [1.29, 1.82) is 0 Å². The third-order valence-corrected chi connectivity index (χ3v) is 5.73. The zero-order chi connectivity index (χ0) is 16.7. The van der Waals surface area contributed by atoms with Crippen LogP contribution in [0.15, 0.2) is 10.0 Å². The third-order valence-electron chi connectivity index (χ3n) is 4.90. The van der Waals surface area contributed by atoms with Gasteiger partial charge >= 0.3 is 0 Å². The quantitative estimate of drug-likeness (QED) is 0.916. The van der Waals surface area contributed by atoms with Crippen LogP contribution in [0.4, 0.5) is 0 Å². The predicted octanol–water partition coefficient (Wildman–Crippen LogP) is 2.44. The van der Waals surface area contributed by atoms with E-state index in [-0.39, 0.29) is 18.5 Å². The molecular formula is C16H20N4O3S. The molecule has 2 aromatic rings. The molecule has 2 aromatic heterocycles. The molecule has 1 amide bonds. The summed E-state index contributed by atoms with van der Waals surface area (Å²) in [6.07, 6.45) is 4.43. The molecule has 0 bridgehead atoms. The Balaban J connectivity index is 1.62. The van der Waals surface area contributed by atoms with E-state index < -0.39 is 6.10 Å². The molecule has 2 atom stereocenters. The molecule has 1 aliphatic heterocycles. The molecule has 0 radical (unpaired) electrons. The number of aryl methyl sites for hydroxylation is 1. The molecule has 1 saturated carbocycles. The second-order valence-corrected chi connectivity index (χ2v) is 7.45. The standard InChI is InChI=1S/C16H20N4O3S/c1-9-18-15(23-19-9)12-6-11(21)7-20(12)16(22)14-13(17-8-24-14)10-4-2-3-5-10/h8,10-12,21H,2-7H2,1H3/t11-,12+/m0/s1. The normalized spacial score (nSPS) is 24.8. The van der Waals surface area contributed by atoms with Crippen molar-refractivity contribution in [2.45, 2.75) is 57.1 Å². The number of aliphatic hydroxyl groups excluding tert-OH is 1. The smallest absolute Gasteiger partial charge is 0.266 e. The van der Waals surface area contributed by atoms with Crippen molar-refractivity contribution in [3.8, 4) is 0 Å². The zero-order valence-electron chi connectivity index (χ0n) is 13.5. The summed E-state index contributed by atoms with van der Waals surface area (Å²) in [5, 5.41) is 13.9. The van der Waals surface area contributed by atoms with Crippen molar-refractivity contribution < 1.29 is 14.4 Å². The summed E-state index contributed by atoms with van der Waals surface area (Å²) in [5.74, 6) is 1.22. The van der Waals surface area contributed by atoms with Crippen molar-refractivity contribution in [2.75, 3.05) is 6.54 Å². The maximum Gasteiger partial charge on any atom is 0.266 e. The summed E-state index contributed by atoms with van der Waals surface area (Å²) in [6, 6.07) is -0.368. The van der Waals surface area contributed by atoms with Gasteiger partial charge in [0.15, 0.2) is 5.82 Å². The first-order chi connectivity index (χ1) is 11.6. The summed E-state index contributed by atoms with van der Waals surface area (Å²) in [7, 11) is 0. The highest BCUT2D eigenvalue weighted by Gasteiger charge is 2.40. The molecule has 8 heteroatoms. The first kappa shape index (κ1) is 15.7. The first-order valence-electron chi connectivity index (χ1n) is 8.36. The van der Waals surface area contributed by atoms with Gasteiger partial charge < -0.3 is 14.5 Å². The van der Waals surface area contributed by atoms with E-state index in [0.29, 0.717) is 28.9 Å². The highest BCUT2D eigenvalue weighted by Crippen LogP contribution is 2.39. The van der Waals surface area contributed by atoms with Crippen LogP contribution in [0.3, 0.4) is 0 Å². The van der Waals surface area contributed by atoms with Gasteiger partial charge in [0, 0.05) is 18.9 Å². The van der Waals surface area contributed by atoms with Crippen molar-refractivity contribution in [3.05, 3.63) is 27.8 Å². The zero-order valence-corrected chi connectivity index (χ0v) is 14.3. The maximum absolute atomic E-state index is 13.1. The monoisotopic (exact) mass is 348 g/mol. The van der Waals surface area contributed by atoms with Gasteiger partial charge in [-0.25, -0.2) is 4.98 Å². The van der Waals surface area contributed by atoms with Crippen LogP contribution in [0.25, 0.3) is 0 Å². The number of amides is 1. The van der Waals surface area contributed by atoms with Gasteiger partial charge in [0.2, 0.25) is 5.89 Å². The van der Waals surface area contributed by atoms with Crippen LogP contribution in [0.2, 0.25) is 0 Å². The number of carbonyl (C=O) groups excluding carboxylic acids is 1. The maximum atomic E-state index is 13.1. The van der Waals surface area contributed by atoms with E-state index in [1.807, 2.05) is 0 Å². The molecule has 0 unspecified atom stereocenters. The molecule has 3 heterocycles. The number of β-amino-alcohol motifs (C(OH)–C–C–N with tert-alkyl or cyclic N) is 1. The van der Waals surface area contributed by atoms with Crippen LogP contribution < -0.4 is 0 Å². The Labute approximate surface area is 143 Å². The summed E-state index contributed by atoms with van der Waals surface area (Å²) >= 11 is 1.38. The summed E-state index contributed by atoms with van der Waals surface area (Å²) < 4.78 is 5.25. The molecule has 7 nitrogen and oxygen atoms in total. The van der Waals surface area contributed by atoms with E-state index in [4.69, 9.17) is 4.52 Å². The lowest BCUT2D eigenvalue weighted by atomic mass is 10.0. The van der Waals surface area contributed by atoms with Gasteiger partial charge in [-0.1, -0.05) is 18.0 Å². The third kappa shape index (κ3) is 2.73. The van der Waals surface area contributed by atoms with Crippen LogP contribution in [-0.4, -0.2) is 43.7 Å². The Hall–Kier alpha value is -1.80. The lowest BCUT2D eigenvalue weighted by Gasteiger charge is -2.22. The number of aromatic nitrogens is 3. The SMILES string of the molecule is Cc1noc([C@H]2C[C@H](O)CN2C(=O)c2scnc2C2CCCC2)n1. The topological polar surface area (TPSA) is 92.4 Å². The Morgan fingerprint density at radius 1 is 1.42 bits per heavy atom. The van der Waals surface area contributed by atoms with Crippen molar-refractivity contribution >= 4 is 17.2 Å². The van der Waals surface area contributed by atoms with Crippen molar-refractivity contribution in [1.82, 2.24) is 20.0 Å². The molecule has 1 N–H and O–H groups in total. The first-order valence-corrected chi connectivity index (χ1v) is 9.24. The molecule has 0 aromatic carbocycles. The van der Waals surface area contributed by atoms with Crippen molar-refractivity contribution in [2.24, 2.45) is 0 Å². The van der Waals surface area contributed by atoms with Crippen LogP contribution in [0.1, 0.15) is 71.1 Å². The number of rotatable bonds is 3. The molecule has 2 aliphatic rings. The molecule has 0 spiro atoms.